The van der Waals surface area contributed by atoms with Crippen LogP contribution in [0.2, 0.25) is 0 Å². The molecule has 0 saturated carbocycles. The summed E-state index contributed by atoms with van der Waals surface area (Å²) in [5.41, 5.74) is 23.8. The van der Waals surface area contributed by atoms with Gasteiger partial charge in [0.15, 0.2) is 51.8 Å². The highest BCUT2D eigenvalue weighted by Gasteiger charge is 2.46. The maximum absolute atomic E-state index is 13.8. The molecule has 44 nitrogen and oxygen atoms in total. The van der Waals surface area contributed by atoms with Gasteiger partial charge in [0.2, 0.25) is 30.1 Å². The molecule has 8 aliphatic rings. The van der Waals surface area contributed by atoms with Gasteiger partial charge in [-0.1, -0.05) is 88.3 Å². The van der Waals surface area contributed by atoms with Crippen molar-refractivity contribution in [2.24, 2.45) is 11.8 Å². The molecule has 6 aromatic heterocycles. The number of carboxylic acids is 3. The molecule has 148 heavy (non-hydrogen) atoms. The van der Waals surface area contributed by atoms with Gasteiger partial charge in [-0.2, -0.15) is 12.9 Å². The molecule has 0 amide bonds. The van der Waals surface area contributed by atoms with Crippen molar-refractivity contribution in [1.82, 2.24) is 74.2 Å². The predicted octanol–water partition coefficient (Wildman–Crippen LogP) is 9.95. The molecular weight excluding hydrogens is 1980 g/mol. The van der Waals surface area contributed by atoms with Crippen LogP contribution in [-0.2, 0) is 102 Å². The van der Waals surface area contributed by atoms with Crippen LogP contribution in [0.4, 0.5) is 17.5 Å². The van der Waals surface area contributed by atoms with Crippen LogP contribution in [-0.4, -0.2) is 299 Å². The van der Waals surface area contributed by atoms with E-state index < -0.39 is 64.6 Å². The number of hydrogen-bond acceptors (Lipinski definition) is 38. The van der Waals surface area contributed by atoms with Crippen LogP contribution in [0.25, 0.3) is 102 Å². The van der Waals surface area contributed by atoms with E-state index in [1.54, 1.807) is 54.6 Å². The Hall–Kier alpha value is -13.3. The number of benzene rings is 6. The summed E-state index contributed by atoms with van der Waals surface area (Å²) >= 11 is 0. The smallest absolute Gasteiger partial charge is 0.324 e. The topological polar surface area (TPSA) is 595 Å². The molecule has 2 saturated heterocycles. The van der Waals surface area contributed by atoms with E-state index >= 15 is 0 Å². The highest BCUT2D eigenvalue weighted by atomic mass is 32.2. The van der Waals surface area contributed by atoms with Crippen molar-refractivity contribution in [3.63, 3.8) is 0 Å². The van der Waals surface area contributed by atoms with Crippen molar-refractivity contribution < 1.29 is 121 Å². The van der Waals surface area contributed by atoms with Crippen LogP contribution in [0.3, 0.4) is 0 Å². The van der Waals surface area contributed by atoms with Crippen molar-refractivity contribution in [3.05, 3.63) is 181 Å². The normalized spacial score (nSPS) is 17.4. The van der Waals surface area contributed by atoms with Crippen LogP contribution in [0, 0.1) is 11.8 Å². The Labute approximate surface area is 855 Å². The minimum absolute atomic E-state index is 0.0420. The number of sulfonamides is 3. The SMILES string of the molecule is CC(C)(C(=O)O)N1CCOCCOCCOc2cc(ccc2CNCC2CCOCC2)-c2cc(on2)-c2nc(cnc2N)-c2ccc(cc2)S1(=O)=O.CC(C)(C(=O)O)N1CCOCCOCCOc2cc(ccc2CNCC2COC2)-c2cc(on2)-c2nc(cnc2N)-c2ccc(cc2)S1(=O)=O.CNCc1ccc2cc1OCCOCCOCCN(C(C)(C)C(=O)O)S(=O)(=O)c1ccc(cc1)-c1cnc(N)c(n1)-c1cc-2no1. The number of nitrogens with zero attached hydrogens (tertiary/aromatic N) is 12. The van der Waals surface area contributed by atoms with Crippen molar-refractivity contribution in [2.75, 3.05) is 183 Å². The average Bonchev–Trinajstić information content (AvgIpc) is 1.55. The molecule has 0 spiro atoms. The molecule has 0 atom stereocenters. The first kappa shape index (κ1) is 109. The molecule has 0 unspecified atom stereocenters. The van der Waals surface area contributed by atoms with Gasteiger partial charge in [0.05, 0.1) is 143 Å². The molecule has 12 N–H and O–H groups in total. The number of carbonyl (C=O) groups is 3. The van der Waals surface area contributed by atoms with E-state index in [1.165, 1.54) is 96.5 Å². The summed E-state index contributed by atoms with van der Waals surface area (Å²) in [6.07, 6.45) is 6.48. The van der Waals surface area contributed by atoms with Crippen LogP contribution < -0.4 is 47.4 Å². The third-order valence-corrected chi connectivity index (χ3v) is 31.4. The molecule has 0 aliphatic carbocycles. The summed E-state index contributed by atoms with van der Waals surface area (Å²) in [6, 6.07) is 40.4. The molecule has 12 aromatic rings. The highest BCUT2D eigenvalue weighted by molar-refractivity contribution is 7.89. The van der Waals surface area contributed by atoms with Gasteiger partial charge in [-0.15, -0.1) is 0 Å². The molecule has 8 aliphatic heterocycles. The van der Waals surface area contributed by atoms with E-state index in [4.69, 9.17) is 82.9 Å². The van der Waals surface area contributed by atoms with Gasteiger partial charge in [-0.25, -0.2) is 55.2 Å². The zero-order valence-corrected chi connectivity index (χ0v) is 85.3. The number of nitrogens with one attached hydrogen (secondary N) is 3. The highest BCUT2D eigenvalue weighted by Crippen LogP contribution is 2.40. The standard InChI is InChI=1S/C36H44N6O9S.C34H40N6O9S.C31H36N6O8S/c1-36(2,35(43)44)42-11-14-48-15-16-49-17-18-50-31-19-26(3-4-27(31)22-38-21-24-9-12-47-13-10-24)29-20-32(51-41-29)33-34(37)39-23-30(40-33)25-5-7-28(8-6-25)52(42,45)46;1-34(2,33(41)42)40-9-10-45-11-12-46-13-14-48-29-15-24(3-4-25(29)18-36-17-22-20-47-21-22)27-16-30(49-39-27)31-32(35)37-19-28(38-31)23-5-7-26(8-6-23)50(40,43)44;1-31(2,30(38)39)37-10-11-42-12-13-43-14-15-44-26-16-21(4-5-22(26)18-33-3)24-17-27(45-36-24)28-29(32)34-19-25(35-28)20-6-8-23(9-7-20)46(37,40)41/h3-8,19-20,23-24,38H,9-18,21-22H2,1-2H3,(H2,37,39)(H,43,44);3-8,15-16,19,22,36H,9-14,17-18,20-21H2,1-2H3,(H2,35,37)(H,41,42);4-9,16-17,19,33H,10-15,18H2,1-3H3,(H2,32,34)(H,38,39). The van der Waals surface area contributed by atoms with E-state index in [1.807, 2.05) is 61.6 Å². The summed E-state index contributed by atoms with van der Waals surface area (Å²) in [7, 11) is -10.9. The van der Waals surface area contributed by atoms with Crippen molar-refractivity contribution in [2.45, 2.75) is 105 Å². The van der Waals surface area contributed by atoms with E-state index in [0.717, 1.165) is 98.7 Å². The van der Waals surface area contributed by atoms with Gasteiger partial charge in [-0.3, -0.25) is 14.4 Å². The lowest BCUT2D eigenvalue weighted by molar-refractivity contribution is -0.147. The monoisotopic (exact) mass is 2100 g/mol. The Bertz CT molecular complexity index is 6950. The zero-order valence-electron chi connectivity index (χ0n) is 82.8. The number of fused-ring (bicyclic) bond motifs is 36. The molecule has 14 heterocycles. The van der Waals surface area contributed by atoms with Gasteiger partial charge in [0.25, 0.3) is 0 Å². The largest absolute Gasteiger partial charge is 0.491 e. The summed E-state index contributed by atoms with van der Waals surface area (Å²) in [5.74, 6) is 0.377. The third kappa shape index (κ3) is 26.5. The van der Waals surface area contributed by atoms with E-state index in [0.29, 0.717) is 117 Å². The maximum atomic E-state index is 13.8. The van der Waals surface area contributed by atoms with Crippen LogP contribution in [0.5, 0.6) is 17.2 Å². The quantitative estimate of drug-likeness (QED) is 0.0406. The fraction of sp³-hybridized carbons (Fsp3) is 0.406. The van der Waals surface area contributed by atoms with Crippen LogP contribution >= 0.6 is 0 Å². The summed E-state index contributed by atoms with van der Waals surface area (Å²) < 4.78 is 166. The Morgan fingerprint density at radius 1 is 0.351 bits per heavy atom. The molecule has 6 aromatic carbocycles. The van der Waals surface area contributed by atoms with Gasteiger partial charge in [0.1, 0.15) is 70.8 Å². The first-order chi connectivity index (χ1) is 71.1. The fourth-order valence-corrected chi connectivity index (χ4v) is 21.5. The molecular formula is C101H120N18O26S3. The molecule has 24 bridgehead atoms. The number of hydrogen-bond donors (Lipinski definition) is 9. The number of carboxylic acid groups (broad SMARTS) is 3. The van der Waals surface area contributed by atoms with Gasteiger partial charge in [0, 0.05) is 133 Å². The van der Waals surface area contributed by atoms with Gasteiger partial charge >= 0.3 is 17.9 Å². The van der Waals surface area contributed by atoms with E-state index in [9.17, 15) is 55.0 Å². The summed E-state index contributed by atoms with van der Waals surface area (Å²) in [5, 5.41) is 52.7. The minimum Gasteiger partial charge on any atom is -0.491 e. The zero-order chi connectivity index (χ0) is 105. The van der Waals surface area contributed by atoms with E-state index in [2.05, 4.69) is 61.3 Å². The number of anilines is 3. The molecule has 2 fully saturated rings. The number of aromatic nitrogens is 9. The summed E-state index contributed by atoms with van der Waals surface area (Å²) in [4.78, 5) is 63.1. The van der Waals surface area contributed by atoms with Crippen LogP contribution in [0.1, 0.15) is 71.1 Å². The maximum Gasteiger partial charge on any atom is 0.324 e. The van der Waals surface area contributed by atoms with Gasteiger partial charge < -0.3 is 114 Å². The molecule has 788 valence electrons. The first-order valence-electron chi connectivity index (χ1n) is 47.9. The van der Waals surface area contributed by atoms with Crippen molar-refractivity contribution in [1.29, 1.82) is 0 Å². The lowest BCUT2D eigenvalue weighted by atomic mass is 10.0. The third-order valence-electron chi connectivity index (χ3n) is 25.2. The second-order valence-electron chi connectivity index (χ2n) is 36.5. The number of ether oxygens (including phenoxy) is 11. The Kier molecular flexibility index (Phi) is 36.2. The lowest BCUT2D eigenvalue weighted by Gasteiger charge is -2.34. The number of rotatable bonds is 16. The van der Waals surface area contributed by atoms with Crippen LogP contribution in [0.15, 0.2) is 192 Å². The van der Waals surface area contributed by atoms with Crippen molar-refractivity contribution >= 4 is 65.4 Å². The number of aliphatic carboxylic acids is 3. The molecule has 20 rings (SSSR count). The summed E-state index contributed by atoms with van der Waals surface area (Å²) in [6.45, 7) is 16.7. The first-order valence-corrected chi connectivity index (χ1v) is 52.3. The predicted molar refractivity (Wildman–Crippen MR) is 541 cm³/mol. The average molecular weight is 2100 g/mol. The lowest BCUT2D eigenvalue weighted by Crippen LogP contribution is -2.54. The van der Waals surface area contributed by atoms with Crippen molar-refractivity contribution in [3.8, 4) is 119 Å². The minimum atomic E-state index is -4.26. The second-order valence-corrected chi connectivity index (χ2v) is 42.1. The fourth-order valence-electron chi connectivity index (χ4n) is 16.3. The molecule has 0 radical (unpaired) electrons. The second kappa shape index (κ2) is 49.2. The van der Waals surface area contributed by atoms with E-state index in [-0.39, 0.29) is 168 Å². The number of nitrogen functional groups attached to an aromatic ring is 3. The molecule has 47 heteroatoms. The Morgan fingerprint density at radius 3 is 0.919 bits per heavy atom. The van der Waals surface area contributed by atoms with Gasteiger partial charge in [-0.05, 0) is 128 Å². The Balaban J connectivity index is 0.000000167. The number of nitrogens with two attached hydrogens (primary N) is 3. The Morgan fingerprint density at radius 2 is 0.628 bits per heavy atom.